The standard InChI is InChI=1S/C22H24FN3OS.ClH/c1-24-21(16-28-22(24)27)20(17-7-9-18(23)10-8-17)15-25-11-13-26(14-12-25)19-5-3-2-4-6-19;/h2-10,16,20H,11-15H2,1H3;1H. The lowest BCUT2D eigenvalue weighted by Gasteiger charge is -2.37. The summed E-state index contributed by atoms with van der Waals surface area (Å²) in [7, 11) is 1.82. The van der Waals surface area contributed by atoms with E-state index in [1.165, 1.54) is 29.2 Å². The number of rotatable bonds is 5. The summed E-state index contributed by atoms with van der Waals surface area (Å²) in [5.41, 5.74) is 3.30. The van der Waals surface area contributed by atoms with Crippen molar-refractivity contribution in [1.29, 1.82) is 0 Å². The van der Waals surface area contributed by atoms with Gasteiger partial charge in [-0.1, -0.05) is 41.7 Å². The molecule has 3 aromatic rings. The molecule has 1 unspecified atom stereocenters. The van der Waals surface area contributed by atoms with Crippen LogP contribution >= 0.6 is 23.7 Å². The molecule has 1 aliphatic rings. The number of halogens is 2. The summed E-state index contributed by atoms with van der Waals surface area (Å²) < 4.78 is 15.2. The molecule has 4 nitrogen and oxygen atoms in total. The second kappa shape index (κ2) is 9.57. The third-order valence-electron chi connectivity index (χ3n) is 5.51. The summed E-state index contributed by atoms with van der Waals surface area (Å²) in [6.45, 7) is 4.69. The van der Waals surface area contributed by atoms with E-state index >= 15 is 0 Å². The van der Waals surface area contributed by atoms with Crippen molar-refractivity contribution in [3.05, 3.63) is 86.7 Å². The van der Waals surface area contributed by atoms with Crippen LogP contribution < -0.4 is 9.77 Å². The summed E-state index contributed by atoms with van der Waals surface area (Å²) >= 11 is 1.22. The molecular weight excluding hydrogens is 409 g/mol. The van der Waals surface area contributed by atoms with E-state index in [1.807, 2.05) is 30.6 Å². The van der Waals surface area contributed by atoms with E-state index in [9.17, 15) is 9.18 Å². The minimum absolute atomic E-state index is 0. The van der Waals surface area contributed by atoms with Gasteiger partial charge in [-0.05, 0) is 29.8 Å². The van der Waals surface area contributed by atoms with Crippen molar-refractivity contribution < 1.29 is 4.39 Å². The van der Waals surface area contributed by atoms with Gasteiger partial charge in [0, 0.05) is 62.5 Å². The van der Waals surface area contributed by atoms with Gasteiger partial charge in [0.25, 0.3) is 0 Å². The molecule has 1 fully saturated rings. The lowest BCUT2D eigenvalue weighted by atomic mass is 9.95. The Morgan fingerprint density at radius 3 is 2.24 bits per heavy atom. The first kappa shape index (κ1) is 21.6. The van der Waals surface area contributed by atoms with Gasteiger partial charge in [0.05, 0.1) is 0 Å². The fourth-order valence-corrected chi connectivity index (χ4v) is 4.65. The topological polar surface area (TPSA) is 28.5 Å². The van der Waals surface area contributed by atoms with E-state index in [4.69, 9.17) is 0 Å². The smallest absolute Gasteiger partial charge is 0.307 e. The Hall–Kier alpha value is -2.15. The molecule has 1 saturated heterocycles. The van der Waals surface area contributed by atoms with Crippen LogP contribution in [0.4, 0.5) is 10.1 Å². The lowest BCUT2D eigenvalue weighted by molar-refractivity contribution is 0.248. The second-order valence-electron chi connectivity index (χ2n) is 7.21. The molecule has 0 bridgehead atoms. The highest BCUT2D eigenvalue weighted by Crippen LogP contribution is 2.27. The zero-order chi connectivity index (χ0) is 19.5. The molecule has 0 radical (unpaired) electrons. The maximum absolute atomic E-state index is 13.4. The van der Waals surface area contributed by atoms with Crippen molar-refractivity contribution in [1.82, 2.24) is 9.47 Å². The molecule has 7 heteroatoms. The predicted octanol–water partition coefficient (Wildman–Crippen LogP) is 3.96. The van der Waals surface area contributed by atoms with Crippen LogP contribution in [0.5, 0.6) is 0 Å². The number of thiazole rings is 1. The van der Waals surface area contributed by atoms with Gasteiger partial charge in [-0.2, -0.15) is 0 Å². The number of piperazine rings is 1. The van der Waals surface area contributed by atoms with Gasteiger partial charge in [-0.25, -0.2) is 4.39 Å². The molecule has 0 saturated carbocycles. The van der Waals surface area contributed by atoms with Crippen LogP contribution in [0.1, 0.15) is 17.2 Å². The minimum atomic E-state index is -0.238. The molecule has 154 valence electrons. The summed E-state index contributed by atoms with van der Waals surface area (Å²) in [4.78, 5) is 16.9. The number of aromatic nitrogens is 1. The molecule has 1 aliphatic heterocycles. The third-order valence-corrected chi connectivity index (χ3v) is 6.34. The van der Waals surface area contributed by atoms with E-state index in [0.29, 0.717) is 0 Å². The first-order valence-electron chi connectivity index (χ1n) is 9.54. The molecule has 2 aromatic carbocycles. The SMILES string of the molecule is Cl.Cn1c(C(CN2CCN(c3ccccc3)CC2)c2ccc(F)cc2)csc1=O. The molecule has 0 N–H and O–H groups in total. The van der Waals surface area contributed by atoms with E-state index in [-0.39, 0.29) is 29.0 Å². The van der Waals surface area contributed by atoms with Crippen LogP contribution in [0.2, 0.25) is 0 Å². The van der Waals surface area contributed by atoms with Gasteiger partial charge in [-0.3, -0.25) is 9.69 Å². The number of benzene rings is 2. The van der Waals surface area contributed by atoms with Gasteiger partial charge in [0.1, 0.15) is 5.82 Å². The molecule has 1 atom stereocenters. The number of hydrogen-bond acceptors (Lipinski definition) is 4. The molecule has 4 rings (SSSR count). The molecule has 0 spiro atoms. The van der Waals surface area contributed by atoms with E-state index in [1.54, 1.807) is 4.57 Å². The van der Waals surface area contributed by atoms with Gasteiger partial charge in [0.2, 0.25) is 0 Å². The van der Waals surface area contributed by atoms with Crippen molar-refractivity contribution in [2.75, 3.05) is 37.6 Å². The average Bonchev–Trinajstić information content (AvgIpc) is 3.06. The van der Waals surface area contributed by atoms with E-state index in [0.717, 1.165) is 44.0 Å². The van der Waals surface area contributed by atoms with Crippen LogP contribution in [-0.4, -0.2) is 42.2 Å². The quantitative estimate of drug-likeness (QED) is 0.609. The Labute approximate surface area is 180 Å². The fourth-order valence-electron chi connectivity index (χ4n) is 3.84. The zero-order valence-electron chi connectivity index (χ0n) is 16.3. The number of anilines is 1. The minimum Gasteiger partial charge on any atom is -0.369 e. The molecule has 0 amide bonds. The highest BCUT2D eigenvalue weighted by Gasteiger charge is 2.24. The normalized spacial score (nSPS) is 15.7. The number of para-hydroxylation sites is 1. The number of nitrogens with zero attached hydrogens (tertiary/aromatic N) is 3. The highest BCUT2D eigenvalue weighted by atomic mass is 35.5. The third kappa shape index (κ3) is 4.89. The second-order valence-corrected chi connectivity index (χ2v) is 8.03. The summed E-state index contributed by atoms with van der Waals surface area (Å²) in [5, 5.41) is 1.94. The van der Waals surface area contributed by atoms with Crippen molar-refractivity contribution in [3.8, 4) is 0 Å². The predicted molar refractivity (Wildman–Crippen MR) is 120 cm³/mol. The Morgan fingerprint density at radius 1 is 1.00 bits per heavy atom. The van der Waals surface area contributed by atoms with Gasteiger partial charge < -0.3 is 9.47 Å². The van der Waals surface area contributed by atoms with Gasteiger partial charge in [0.15, 0.2) is 0 Å². The van der Waals surface area contributed by atoms with Crippen LogP contribution in [-0.2, 0) is 7.05 Å². The lowest BCUT2D eigenvalue weighted by Crippen LogP contribution is -2.47. The Balaban J connectivity index is 0.00000240. The van der Waals surface area contributed by atoms with Crippen molar-refractivity contribution >= 4 is 29.4 Å². The highest BCUT2D eigenvalue weighted by molar-refractivity contribution is 7.07. The molecule has 2 heterocycles. The number of hydrogen-bond donors (Lipinski definition) is 0. The van der Waals surface area contributed by atoms with E-state index < -0.39 is 0 Å². The summed E-state index contributed by atoms with van der Waals surface area (Å²) in [6.07, 6.45) is 0. The first-order valence-corrected chi connectivity index (χ1v) is 10.4. The van der Waals surface area contributed by atoms with Crippen molar-refractivity contribution in [3.63, 3.8) is 0 Å². The van der Waals surface area contributed by atoms with E-state index in [2.05, 4.69) is 34.1 Å². The first-order chi connectivity index (χ1) is 13.6. The van der Waals surface area contributed by atoms with Crippen LogP contribution in [0.25, 0.3) is 0 Å². The van der Waals surface area contributed by atoms with Crippen LogP contribution in [0.15, 0.2) is 64.8 Å². The van der Waals surface area contributed by atoms with Crippen molar-refractivity contribution in [2.45, 2.75) is 5.92 Å². The molecular formula is C22H25ClFN3OS. The maximum Gasteiger partial charge on any atom is 0.307 e. The van der Waals surface area contributed by atoms with Crippen LogP contribution in [0.3, 0.4) is 0 Å². The molecule has 0 aliphatic carbocycles. The monoisotopic (exact) mass is 433 g/mol. The van der Waals surface area contributed by atoms with Crippen LogP contribution in [0, 0.1) is 5.82 Å². The maximum atomic E-state index is 13.4. The largest absolute Gasteiger partial charge is 0.369 e. The molecule has 1 aromatic heterocycles. The fraction of sp³-hybridized carbons (Fsp3) is 0.318. The van der Waals surface area contributed by atoms with Gasteiger partial charge >= 0.3 is 4.87 Å². The average molecular weight is 434 g/mol. The van der Waals surface area contributed by atoms with Crippen molar-refractivity contribution in [2.24, 2.45) is 7.05 Å². The summed E-state index contributed by atoms with van der Waals surface area (Å²) in [6, 6.07) is 17.2. The summed E-state index contributed by atoms with van der Waals surface area (Å²) in [5.74, 6) is -0.189. The Bertz CT molecular complexity index is 966. The Kier molecular flexibility index (Phi) is 7.11. The molecule has 29 heavy (non-hydrogen) atoms. The zero-order valence-corrected chi connectivity index (χ0v) is 18.0. The van der Waals surface area contributed by atoms with Gasteiger partial charge in [-0.15, -0.1) is 12.4 Å². The Morgan fingerprint density at radius 2 is 1.66 bits per heavy atom.